The number of nitrogens with zero attached hydrogens (tertiary/aromatic N) is 2. The number of nitrogens with one attached hydrogen (secondary N) is 1. The summed E-state index contributed by atoms with van der Waals surface area (Å²) in [4.78, 5) is 17.4. The van der Waals surface area contributed by atoms with Crippen molar-refractivity contribution in [1.82, 2.24) is 15.1 Å². The van der Waals surface area contributed by atoms with Crippen LogP contribution in [0.3, 0.4) is 0 Å². The zero-order valence-corrected chi connectivity index (χ0v) is 18.0. The molecule has 1 saturated heterocycles. The molecule has 0 bridgehead atoms. The standard InChI is InChI=1S/C23H37N3O2/c1-5-28-20-11-8-13-26(16-20)22(27)24-21(23(2,3)4)17-25-14-12-18-9-6-7-10-19(18)15-25/h6-7,9-10,20-21H,5,8,11-17H2,1-4H3,(H,24,27). The topological polar surface area (TPSA) is 44.8 Å². The van der Waals surface area contributed by atoms with Crippen molar-refractivity contribution >= 4 is 6.03 Å². The highest BCUT2D eigenvalue weighted by atomic mass is 16.5. The second-order valence-electron chi connectivity index (χ2n) is 9.29. The molecule has 28 heavy (non-hydrogen) atoms. The van der Waals surface area contributed by atoms with E-state index in [1.54, 1.807) is 0 Å². The monoisotopic (exact) mass is 387 g/mol. The second-order valence-corrected chi connectivity index (χ2v) is 9.29. The highest BCUT2D eigenvalue weighted by Crippen LogP contribution is 2.24. The van der Waals surface area contributed by atoms with Crippen LogP contribution in [0.2, 0.25) is 0 Å². The molecule has 0 saturated carbocycles. The summed E-state index contributed by atoms with van der Waals surface area (Å²) in [6.07, 6.45) is 3.33. The van der Waals surface area contributed by atoms with Crippen molar-refractivity contribution < 1.29 is 9.53 Å². The van der Waals surface area contributed by atoms with Crippen molar-refractivity contribution in [3.8, 4) is 0 Å². The minimum absolute atomic E-state index is 0.00172. The smallest absolute Gasteiger partial charge is 0.317 e. The largest absolute Gasteiger partial charge is 0.377 e. The zero-order chi connectivity index (χ0) is 20.1. The summed E-state index contributed by atoms with van der Waals surface area (Å²) in [5, 5.41) is 3.35. The van der Waals surface area contributed by atoms with Crippen molar-refractivity contribution in [2.45, 2.75) is 65.6 Å². The zero-order valence-electron chi connectivity index (χ0n) is 18.0. The third-order valence-corrected chi connectivity index (χ3v) is 6.06. The molecule has 1 aromatic rings. The minimum atomic E-state index is 0.00172. The van der Waals surface area contributed by atoms with Crippen LogP contribution in [0.1, 0.15) is 51.7 Å². The van der Waals surface area contributed by atoms with Crippen LogP contribution in [0.25, 0.3) is 0 Å². The number of carbonyl (C=O) groups excluding carboxylic acids is 1. The summed E-state index contributed by atoms with van der Waals surface area (Å²) in [6.45, 7) is 13.8. The van der Waals surface area contributed by atoms with Gasteiger partial charge in [-0.3, -0.25) is 4.90 Å². The summed E-state index contributed by atoms with van der Waals surface area (Å²) < 4.78 is 5.76. The van der Waals surface area contributed by atoms with E-state index in [0.717, 1.165) is 45.4 Å². The van der Waals surface area contributed by atoms with E-state index in [0.29, 0.717) is 13.2 Å². The van der Waals surface area contributed by atoms with Gasteiger partial charge in [0.1, 0.15) is 0 Å². The molecular weight excluding hydrogens is 350 g/mol. The molecule has 2 atom stereocenters. The molecule has 2 aliphatic rings. The third kappa shape index (κ3) is 5.48. The molecule has 2 heterocycles. The van der Waals surface area contributed by atoms with E-state index < -0.39 is 0 Å². The fourth-order valence-corrected chi connectivity index (χ4v) is 4.24. The van der Waals surface area contributed by atoms with Gasteiger partial charge in [0.05, 0.1) is 6.10 Å². The first kappa shape index (κ1) is 21.1. The number of likely N-dealkylation sites (tertiary alicyclic amines) is 1. The number of fused-ring (bicyclic) bond motifs is 1. The van der Waals surface area contributed by atoms with Gasteiger partial charge in [0, 0.05) is 45.4 Å². The van der Waals surface area contributed by atoms with Gasteiger partial charge in [0.2, 0.25) is 0 Å². The molecule has 5 nitrogen and oxygen atoms in total. The molecule has 0 spiro atoms. The molecule has 0 aliphatic carbocycles. The maximum Gasteiger partial charge on any atom is 0.317 e. The number of benzene rings is 1. The summed E-state index contributed by atoms with van der Waals surface area (Å²) >= 11 is 0. The summed E-state index contributed by atoms with van der Waals surface area (Å²) in [6, 6.07) is 8.88. The summed E-state index contributed by atoms with van der Waals surface area (Å²) in [5.41, 5.74) is 2.88. The van der Waals surface area contributed by atoms with Crippen LogP contribution in [0.15, 0.2) is 24.3 Å². The quantitative estimate of drug-likeness (QED) is 0.838. The molecule has 156 valence electrons. The number of carbonyl (C=O) groups is 1. The molecule has 0 radical (unpaired) electrons. The number of rotatable bonds is 5. The first-order chi connectivity index (χ1) is 13.4. The fourth-order valence-electron chi connectivity index (χ4n) is 4.24. The number of hydrogen-bond donors (Lipinski definition) is 1. The van der Waals surface area contributed by atoms with Gasteiger partial charge >= 0.3 is 6.03 Å². The number of hydrogen-bond acceptors (Lipinski definition) is 3. The van der Waals surface area contributed by atoms with Gasteiger partial charge in [-0.2, -0.15) is 0 Å². The predicted octanol–water partition coefficient (Wildman–Crippen LogP) is 3.67. The van der Waals surface area contributed by atoms with Crippen LogP contribution in [-0.4, -0.2) is 60.8 Å². The Kier molecular flexibility index (Phi) is 7.00. The van der Waals surface area contributed by atoms with E-state index in [1.165, 1.54) is 11.1 Å². The molecular formula is C23H37N3O2. The normalized spacial score (nSPS) is 21.9. The van der Waals surface area contributed by atoms with E-state index >= 15 is 0 Å². The van der Waals surface area contributed by atoms with Crippen molar-refractivity contribution in [2.75, 3.05) is 32.8 Å². The molecule has 1 aromatic carbocycles. The van der Waals surface area contributed by atoms with Crippen molar-refractivity contribution in [2.24, 2.45) is 5.41 Å². The minimum Gasteiger partial charge on any atom is -0.377 e. The Morgan fingerprint density at radius 1 is 1.25 bits per heavy atom. The van der Waals surface area contributed by atoms with Gasteiger partial charge < -0.3 is 15.0 Å². The van der Waals surface area contributed by atoms with Crippen LogP contribution in [0, 0.1) is 5.41 Å². The lowest BCUT2D eigenvalue weighted by Crippen LogP contribution is -2.56. The predicted molar refractivity (Wildman–Crippen MR) is 113 cm³/mol. The highest BCUT2D eigenvalue weighted by Gasteiger charge is 2.32. The van der Waals surface area contributed by atoms with E-state index in [-0.39, 0.29) is 23.6 Å². The van der Waals surface area contributed by atoms with Crippen LogP contribution in [0.4, 0.5) is 4.79 Å². The average Bonchev–Trinajstić information content (AvgIpc) is 2.67. The van der Waals surface area contributed by atoms with Crippen molar-refractivity contribution in [3.63, 3.8) is 0 Å². The number of amides is 2. The first-order valence-electron chi connectivity index (χ1n) is 10.8. The lowest BCUT2D eigenvalue weighted by Gasteiger charge is -2.40. The Morgan fingerprint density at radius 2 is 2.00 bits per heavy atom. The van der Waals surface area contributed by atoms with Gasteiger partial charge in [0.15, 0.2) is 0 Å². The lowest BCUT2D eigenvalue weighted by atomic mass is 9.86. The number of ether oxygens (including phenoxy) is 1. The molecule has 2 unspecified atom stereocenters. The van der Waals surface area contributed by atoms with E-state index in [9.17, 15) is 4.79 Å². The van der Waals surface area contributed by atoms with Gasteiger partial charge in [0.25, 0.3) is 0 Å². The maximum absolute atomic E-state index is 13.0. The third-order valence-electron chi connectivity index (χ3n) is 6.06. The summed E-state index contributed by atoms with van der Waals surface area (Å²) in [7, 11) is 0. The Hall–Kier alpha value is -1.59. The van der Waals surface area contributed by atoms with Crippen LogP contribution in [0.5, 0.6) is 0 Å². The average molecular weight is 388 g/mol. The van der Waals surface area contributed by atoms with Gasteiger partial charge in [-0.15, -0.1) is 0 Å². The SMILES string of the molecule is CCOC1CCCN(C(=O)NC(CN2CCc3ccccc3C2)C(C)(C)C)C1. The van der Waals surface area contributed by atoms with Crippen LogP contribution in [-0.2, 0) is 17.7 Å². The molecule has 1 fully saturated rings. The number of urea groups is 1. The Labute approximate surface area is 170 Å². The lowest BCUT2D eigenvalue weighted by molar-refractivity contribution is 0.0152. The molecule has 0 aromatic heterocycles. The van der Waals surface area contributed by atoms with Gasteiger partial charge in [-0.05, 0) is 42.7 Å². The maximum atomic E-state index is 13.0. The molecule has 1 N–H and O–H groups in total. The van der Waals surface area contributed by atoms with Gasteiger partial charge in [-0.1, -0.05) is 45.0 Å². The number of piperidine rings is 1. The van der Waals surface area contributed by atoms with Gasteiger partial charge in [-0.25, -0.2) is 4.79 Å². The Bertz CT molecular complexity index is 653. The van der Waals surface area contributed by atoms with E-state index in [4.69, 9.17) is 4.74 Å². The first-order valence-corrected chi connectivity index (χ1v) is 10.8. The van der Waals surface area contributed by atoms with Crippen LogP contribution < -0.4 is 5.32 Å². The Balaban J connectivity index is 1.61. The molecule has 5 heteroatoms. The van der Waals surface area contributed by atoms with E-state index in [2.05, 4.69) is 55.3 Å². The highest BCUT2D eigenvalue weighted by molar-refractivity contribution is 5.74. The Morgan fingerprint density at radius 3 is 2.71 bits per heavy atom. The van der Waals surface area contributed by atoms with Crippen LogP contribution >= 0.6 is 0 Å². The van der Waals surface area contributed by atoms with Crippen molar-refractivity contribution in [1.29, 1.82) is 0 Å². The van der Waals surface area contributed by atoms with E-state index in [1.807, 2.05) is 11.8 Å². The summed E-state index contributed by atoms with van der Waals surface area (Å²) in [5.74, 6) is 0. The molecule has 2 amide bonds. The molecule has 3 rings (SSSR count). The fraction of sp³-hybridized carbons (Fsp3) is 0.696. The molecule has 2 aliphatic heterocycles. The second kappa shape index (κ2) is 9.27. The van der Waals surface area contributed by atoms with Crippen molar-refractivity contribution in [3.05, 3.63) is 35.4 Å².